The van der Waals surface area contributed by atoms with E-state index in [0.29, 0.717) is 38.0 Å². The van der Waals surface area contributed by atoms with E-state index in [-0.39, 0.29) is 17.7 Å². The molecule has 1 aromatic heterocycles. The minimum absolute atomic E-state index is 0.00944. The predicted octanol–water partition coefficient (Wildman–Crippen LogP) is 3.16. The van der Waals surface area contributed by atoms with Gasteiger partial charge >= 0.3 is 0 Å². The van der Waals surface area contributed by atoms with Gasteiger partial charge in [-0.1, -0.05) is 18.2 Å². The number of piperidine rings is 1. The van der Waals surface area contributed by atoms with Crippen molar-refractivity contribution >= 4 is 17.5 Å². The van der Waals surface area contributed by atoms with Crippen LogP contribution in [0.15, 0.2) is 53.3 Å². The van der Waals surface area contributed by atoms with Crippen LogP contribution in [0.5, 0.6) is 0 Å². The summed E-state index contributed by atoms with van der Waals surface area (Å²) >= 11 is 0. The summed E-state index contributed by atoms with van der Waals surface area (Å²) in [6, 6.07) is 12.0. The SMILES string of the molecule is CCN(CCCNC(=O)C1CCN(C(=O)c2ccoc2)CC1)c1ccccc1. The van der Waals surface area contributed by atoms with Gasteiger partial charge in [-0.25, -0.2) is 0 Å². The highest BCUT2D eigenvalue weighted by atomic mass is 16.3. The first-order valence-corrected chi connectivity index (χ1v) is 10.1. The monoisotopic (exact) mass is 383 g/mol. The first-order valence-electron chi connectivity index (χ1n) is 10.1. The van der Waals surface area contributed by atoms with E-state index < -0.39 is 0 Å². The Kier molecular flexibility index (Phi) is 7.12. The van der Waals surface area contributed by atoms with Gasteiger partial charge in [0.15, 0.2) is 0 Å². The van der Waals surface area contributed by atoms with Crippen LogP contribution in [0.3, 0.4) is 0 Å². The number of rotatable bonds is 8. The predicted molar refractivity (Wildman–Crippen MR) is 109 cm³/mol. The molecule has 150 valence electrons. The number of furan rings is 1. The van der Waals surface area contributed by atoms with Crippen molar-refractivity contribution < 1.29 is 14.0 Å². The van der Waals surface area contributed by atoms with Crippen LogP contribution in [-0.2, 0) is 4.79 Å². The molecule has 1 aromatic carbocycles. The maximum atomic E-state index is 12.4. The van der Waals surface area contributed by atoms with Crippen LogP contribution >= 0.6 is 0 Å². The number of benzene rings is 1. The zero-order chi connectivity index (χ0) is 19.8. The lowest BCUT2D eigenvalue weighted by Crippen LogP contribution is -2.43. The van der Waals surface area contributed by atoms with E-state index in [1.165, 1.54) is 18.2 Å². The molecule has 0 spiro atoms. The molecule has 1 aliphatic rings. The molecule has 1 fully saturated rings. The topological polar surface area (TPSA) is 65.8 Å². The molecule has 0 atom stereocenters. The summed E-state index contributed by atoms with van der Waals surface area (Å²) in [4.78, 5) is 28.9. The van der Waals surface area contributed by atoms with Crippen molar-refractivity contribution in [2.24, 2.45) is 5.92 Å². The molecule has 0 saturated carbocycles. The lowest BCUT2D eigenvalue weighted by molar-refractivity contribution is -0.126. The molecule has 1 saturated heterocycles. The van der Waals surface area contributed by atoms with E-state index >= 15 is 0 Å². The van der Waals surface area contributed by atoms with E-state index in [1.54, 1.807) is 11.0 Å². The second kappa shape index (κ2) is 9.97. The third-order valence-electron chi connectivity index (χ3n) is 5.33. The number of hydrogen-bond donors (Lipinski definition) is 1. The highest BCUT2D eigenvalue weighted by Gasteiger charge is 2.27. The Balaban J connectivity index is 1.36. The van der Waals surface area contributed by atoms with Crippen LogP contribution in [0, 0.1) is 5.92 Å². The molecule has 6 nitrogen and oxygen atoms in total. The van der Waals surface area contributed by atoms with Gasteiger partial charge in [-0.2, -0.15) is 0 Å². The molecular formula is C22H29N3O3. The van der Waals surface area contributed by atoms with Crippen molar-refractivity contribution in [1.29, 1.82) is 0 Å². The average Bonchev–Trinajstić information content (AvgIpc) is 3.29. The summed E-state index contributed by atoms with van der Waals surface area (Å²) in [5, 5.41) is 3.07. The maximum absolute atomic E-state index is 12.4. The number of carbonyl (C=O) groups excluding carboxylic acids is 2. The molecule has 2 heterocycles. The Labute approximate surface area is 166 Å². The van der Waals surface area contributed by atoms with Crippen LogP contribution < -0.4 is 10.2 Å². The Morgan fingerprint density at radius 1 is 1.18 bits per heavy atom. The van der Waals surface area contributed by atoms with Crippen molar-refractivity contribution in [3.05, 3.63) is 54.5 Å². The molecule has 2 amide bonds. The van der Waals surface area contributed by atoms with Gasteiger partial charge in [-0.15, -0.1) is 0 Å². The summed E-state index contributed by atoms with van der Waals surface area (Å²) < 4.78 is 4.98. The minimum Gasteiger partial charge on any atom is -0.472 e. The van der Waals surface area contributed by atoms with Gasteiger partial charge in [0.2, 0.25) is 5.91 Å². The van der Waals surface area contributed by atoms with Gasteiger partial charge < -0.3 is 19.5 Å². The Morgan fingerprint density at radius 2 is 1.93 bits per heavy atom. The summed E-state index contributed by atoms with van der Waals surface area (Å²) in [6.07, 6.45) is 5.30. The number of nitrogens with one attached hydrogen (secondary N) is 1. The van der Waals surface area contributed by atoms with Crippen molar-refractivity contribution in [2.75, 3.05) is 37.6 Å². The fraction of sp³-hybridized carbons (Fsp3) is 0.455. The minimum atomic E-state index is -0.0202. The highest BCUT2D eigenvalue weighted by Crippen LogP contribution is 2.19. The molecule has 2 aromatic rings. The third-order valence-corrected chi connectivity index (χ3v) is 5.33. The van der Waals surface area contributed by atoms with Crippen molar-refractivity contribution in [2.45, 2.75) is 26.2 Å². The molecule has 0 aliphatic carbocycles. The molecule has 1 N–H and O–H groups in total. The van der Waals surface area contributed by atoms with Crippen molar-refractivity contribution in [1.82, 2.24) is 10.2 Å². The lowest BCUT2D eigenvalue weighted by Gasteiger charge is -2.31. The summed E-state index contributed by atoms with van der Waals surface area (Å²) in [5.41, 5.74) is 1.78. The Morgan fingerprint density at radius 3 is 2.57 bits per heavy atom. The number of anilines is 1. The van der Waals surface area contributed by atoms with Crippen molar-refractivity contribution in [3.8, 4) is 0 Å². The number of hydrogen-bond acceptors (Lipinski definition) is 4. The van der Waals surface area contributed by atoms with Gasteiger partial charge in [-0.05, 0) is 44.4 Å². The number of para-hydroxylation sites is 1. The van der Waals surface area contributed by atoms with Crippen LogP contribution in [-0.4, -0.2) is 49.4 Å². The summed E-state index contributed by atoms with van der Waals surface area (Å²) in [7, 11) is 0. The fourth-order valence-electron chi connectivity index (χ4n) is 3.65. The van der Waals surface area contributed by atoms with E-state index in [2.05, 4.69) is 29.3 Å². The van der Waals surface area contributed by atoms with Crippen molar-refractivity contribution in [3.63, 3.8) is 0 Å². The number of likely N-dealkylation sites (tertiary alicyclic amines) is 1. The first kappa shape index (κ1) is 20.0. The number of carbonyl (C=O) groups is 2. The van der Waals surface area contributed by atoms with Gasteiger partial charge in [0, 0.05) is 44.3 Å². The van der Waals surface area contributed by atoms with Gasteiger partial charge in [-0.3, -0.25) is 9.59 Å². The second-order valence-electron chi connectivity index (χ2n) is 7.14. The normalized spacial score (nSPS) is 14.7. The lowest BCUT2D eigenvalue weighted by atomic mass is 9.95. The molecule has 0 unspecified atom stereocenters. The van der Waals surface area contributed by atoms with E-state index in [9.17, 15) is 9.59 Å². The van der Waals surface area contributed by atoms with Gasteiger partial charge in [0.25, 0.3) is 5.91 Å². The Bertz CT molecular complexity index is 738. The number of nitrogens with zero attached hydrogens (tertiary/aromatic N) is 2. The molecule has 0 bridgehead atoms. The zero-order valence-electron chi connectivity index (χ0n) is 16.5. The third kappa shape index (κ3) is 5.15. The summed E-state index contributed by atoms with van der Waals surface area (Å²) in [6.45, 7) is 5.90. The quantitative estimate of drug-likeness (QED) is 0.711. The molecule has 28 heavy (non-hydrogen) atoms. The summed E-state index contributed by atoms with van der Waals surface area (Å²) in [5.74, 6) is 0.0798. The van der Waals surface area contributed by atoms with Crippen LogP contribution in [0.1, 0.15) is 36.5 Å². The molecule has 3 rings (SSSR count). The first-order chi connectivity index (χ1) is 13.7. The molecule has 0 radical (unpaired) electrons. The van der Waals surface area contributed by atoms with E-state index in [0.717, 1.165) is 19.5 Å². The molecular weight excluding hydrogens is 354 g/mol. The van der Waals surface area contributed by atoms with Crippen LogP contribution in [0.2, 0.25) is 0 Å². The van der Waals surface area contributed by atoms with Crippen LogP contribution in [0.25, 0.3) is 0 Å². The van der Waals surface area contributed by atoms with Crippen LogP contribution in [0.4, 0.5) is 5.69 Å². The van der Waals surface area contributed by atoms with Gasteiger partial charge in [0.05, 0.1) is 11.8 Å². The maximum Gasteiger partial charge on any atom is 0.257 e. The average molecular weight is 383 g/mol. The van der Waals surface area contributed by atoms with E-state index in [4.69, 9.17) is 4.42 Å². The Hall–Kier alpha value is -2.76. The molecule has 1 aliphatic heterocycles. The van der Waals surface area contributed by atoms with Gasteiger partial charge in [0.1, 0.15) is 6.26 Å². The second-order valence-corrected chi connectivity index (χ2v) is 7.14. The smallest absolute Gasteiger partial charge is 0.257 e. The van der Waals surface area contributed by atoms with E-state index in [1.807, 2.05) is 18.2 Å². The fourth-order valence-corrected chi connectivity index (χ4v) is 3.65. The zero-order valence-corrected chi connectivity index (χ0v) is 16.5. The highest BCUT2D eigenvalue weighted by molar-refractivity contribution is 5.94. The molecule has 6 heteroatoms. The standard InChI is InChI=1S/C22H29N3O3/c1-2-24(20-7-4-3-5-8-20)13-6-12-23-21(26)18-9-14-25(15-10-18)22(27)19-11-16-28-17-19/h3-5,7-8,11,16-18H,2,6,9-10,12-15H2,1H3,(H,23,26). The largest absolute Gasteiger partial charge is 0.472 e. The number of amides is 2.